The van der Waals surface area contributed by atoms with Crippen molar-refractivity contribution in [1.29, 1.82) is 0 Å². The number of carbonyl (C=O) groups is 1. The molecule has 16 heavy (non-hydrogen) atoms. The zero-order chi connectivity index (χ0) is 12.0. The molecule has 0 bridgehead atoms. The van der Waals surface area contributed by atoms with Gasteiger partial charge in [-0.15, -0.1) is 0 Å². The summed E-state index contributed by atoms with van der Waals surface area (Å²) in [5.74, 6) is -0.638. The second kappa shape index (κ2) is 6.24. The van der Waals surface area contributed by atoms with E-state index in [1.54, 1.807) is 0 Å². The van der Waals surface area contributed by atoms with Crippen LogP contribution in [0.1, 0.15) is 52.4 Å². The topological polar surface area (TPSA) is 40.5 Å². The van der Waals surface area contributed by atoms with Crippen molar-refractivity contribution in [3.05, 3.63) is 0 Å². The first-order valence-electron chi connectivity index (χ1n) is 6.54. The maximum atomic E-state index is 11.1. The molecular weight excluding hydrogens is 202 g/mol. The highest BCUT2D eigenvalue weighted by Crippen LogP contribution is 2.30. The van der Waals surface area contributed by atoms with Gasteiger partial charge < -0.3 is 10.0 Å². The van der Waals surface area contributed by atoms with E-state index in [2.05, 4.69) is 11.8 Å². The Morgan fingerprint density at radius 2 is 2.00 bits per heavy atom. The number of carboxylic acid groups (broad SMARTS) is 1. The quantitative estimate of drug-likeness (QED) is 0.680. The van der Waals surface area contributed by atoms with Crippen LogP contribution in [0.15, 0.2) is 0 Å². The Morgan fingerprint density at radius 3 is 2.56 bits per heavy atom. The van der Waals surface area contributed by atoms with Crippen LogP contribution in [0, 0.1) is 5.41 Å². The average molecular weight is 227 g/mol. The highest BCUT2D eigenvalue weighted by molar-refractivity contribution is 5.74. The fraction of sp³-hybridized carbons (Fsp3) is 0.923. The van der Waals surface area contributed by atoms with Crippen LogP contribution in [-0.2, 0) is 4.79 Å². The summed E-state index contributed by atoms with van der Waals surface area (Å²) in [5.41, 5.74) is -0.497. The summed E-state index contributed by atoms with van der Waals surface area (Å²) in [4.78, 5) is 13.4. The summed E-state index contributed by atoms with van der Waals surface area (Å²) in [6, 6.07) is 0. The smallest absolute Gasteiger partial charge is 0.310 e. The van der Waals surface area contributed by atoms with Crippen molar-refractivity contribution in [2.45, 2.75) is 52.4 Å². The molecule has 1 aliphatic heterocycles. The van der Waals surface area contributed by atoms with Crippen LogP contribution in [0.4, 0.5) is 0 Å². The Hall–Kier alpha value is -0.570. The molecule has 0 aliphatic carbocycles. The normalized spacial score (nSPS) is 26.1. The highest BCUT2D eigenvalue weighted by Gasteiger charge is 2.39. The summed E-state index contributed by atoms with van der Waals surface area (Å²) in [7, 11) is 0. The fourth-order valence-electron chi connectivity index (χ4n) is 2.36. The molecule has 1 aliphatic rings. The first-order chi connectivity index (χ1) is 7.58. The molecule has 94 valence electrons. The molecule has 0 aromatic heterocycles. The van der Waals surface area contributed by atoms with Crippen molar-refractivity contribution >= 4 is 5.97 Å². The van der Waals surface area contributed by atoms with E-state index in [1.807, 2.05) is 6.92 Å². The van der Waals surface area contributed by atoms with E-state index < -0.39 is 11.4 Å². The van der Waals surface area contributed by atoms with Gasteiger partial charge in [-0.2, -0.15) is 0 Å². The standard InChI is InChI=1S/C13H25NO2/c1-3-4-5-6-7-9-14-10-8-13(2,11-14)12(15)16/h3-11H2,1-2H3,(H,15,16). The summed E-state index contributed by atoms with van der Waals surface area (Å²) < 4.78 is 0. The molecule has 0 aromatic carbocycles. The summed E-state index contributed by atoms with van der Waals surface area (Å²) >= 11 is 0. The first kappa shape index (κ1) is 13.5. The SMILES string of the molecule is CCCCCCCN1CCC(C)(C(=O)O)C1. The van der Waals surface area contributed by atoms with Gasteiger partial charge in [0, 0.05) is 6.54 Å². The molecule has 3 heteroatoms. The Bertz CT molecular complexity index is 230. The van der Waals surface area contributed by atoms with E-state index in [9.17, 15) is 4.79 Å². The van der Waals surface area contributed by atoms with Gasteiger partial charge in [0.1, 0.15) is 0 Å². The summed E-state index contributed by atoms with van der Waals surface area (Å²) in [5, 5.41) is 9.11. The maximum absolute atomic E-state index is 11.1. The van der Waals surface area contributed by atoms with Crippen molar-refractivity contribution < 1.29 is 9.90 Å². The van der Waals surface area contributed by atoms with Gasteiger partial charge in [0.05, 0.1) is 5.41 Å². The second-order valence-electron chi connectivity index (χ2n) is 5.31. The fourth-order valence-corrected chi connectivity index (χ4v) is 2.36. The van der Waals surface area contributed by atoms with Gasteiger partial charge >= 0.3 is 5.97 Å². The lowest BCUT2D eigenvalue weighted by atomic mass is 9.90. The van der Waals surface area contributed by atoms with Gasteiger partial charge in [0.25, 0.3) is 0 Å². The first-order valence-corrected chi connectivity index (χ1v) is 6.54. The number of hydrogen-bond donors (Lipinski definition) is 1. The van der Waals surface area contributed by atoms with Crippen molar-refractivity contribution in [1.82, 2.24) is 4.90 Å². The molecule has 1 unspecified atom stereocenters. The number of unbranched alkanes of at least 4 members (excludes halogenated alkanes) is 4. The number of aliphatic carboxylic acids is 1. The summed E-state index contributed by atoms with van der Waals surface area (Å²) in [6.07, 6.45) is 7.23. The molecule has 0 aromatic rings. The lowest BCUT2D eigenvalue weighted by molar-refractivity contribution is -0.147. The third-order valence-electron chi connectivity index (χ3n) is 3.65. The van der Waals surface area contributed by atoms with E-state index in [0.29, 0.717) is 0 Å². The van der Waals surface area contributed by atoms with Crippen LogP contribution in [0.25, 0.3) is 0 Å². The lowest BCUT2D eigenvalue weighted by Gasteiger charge is -2.19. The number of rotatable bonds is 7. The van der Waals surface area contributed by atoms with E-state index >= 15 is 0 Å². The van der Waals surface area contributed by atoms with Crippen molar-refractivity contribution in [3.8, 4) is 0 Å². The minimum atomic E-state index is -0.638. The molecule has 3 nitrogen and oxygen atoms in total. The maximum Gasteiger partial charge on any atom is 0.310 e. The van der Waals surface area contributed by atoms with Gasteiger partial charge in [-0.1, -0.05) is 32.6 Å². The molecule has 1 atom stereocenters. The van der Waals surface area contributed by atoms with Gasteiger partial charge in [0.15, 0.2) is 0 Å². The zero-order valence-electron chi connectivity index (χ0n) is 10.7. The minimum absolute atomic E-state index is 0.497. The monoisotopic (exact) mass is 227 g/mol. The van der Waals surface area contributed by atoms with Crippen LogP contribution in [0.2, 0.25) is 0 Å². The van der Waals surface area contributed by atoms with Crippen LogP contribution >= 0.6 is 0 Å². The van der Waals surface area contributed by atoms with Crippen molar-refractivity contribution in [3.63, 3.8) is 0 Å². The molecular formula is C13H25NO2. The van der Waals surface area contributed by atoms with Crippen LogP contribution in [0.3, 0.4) is 0 Å². The molecule has 0 spiro atoms. The van der Waals surface area contributed by atoms with Crippen molar-refractivity contribution in [2.24, 2.45) is 5.41 Å². The highest BCUT2D eigenvalue weighted by atomic mass is 16.4. The van der Waals surface area contributed by atoms with Gasteiger partial charge in [-0.25, -0.2) is 0 Å². The van der Waals surface area contributed by atoms with Crippen LogP contribution < -0.4 is 0 Å². The van der Waals surface area contributed by atoms with Crippen molar-refractivity contribution in [2.75, 3.05) is 19.6 Å². The number of hydrogen-bond acceptors (Lipinski definition) is 2. The molecule has 0 radical (unpaired) electrons. The average Bonchev–Trinajstić information content (AvgIpc) is 2.62. The molecule has 1 N–H and O–H groups in total. The number of carboxylic acids is 1. The molecule has 1 heterocycles. The van der Waals surface area contributed by atoms with Gasteiger partial charge in [-0.05, 0) is 32.9 Å². The predicted molar refractivity (Wildman–Crippen MR) is 65.6 cm³/mol. The second-order valence-corrected chi connectivity index (χ2v) is 5.31. The van der Waals surface area contributed by atoms with E-state index in [0.717, 1.165) is 26.1 Å². The number of likely N-dealkylation sites (tertiary alicyclic amines) is 1. The van der Waals surface area contributed by atoms with Crippen LogP contribution in [0.5, 0.6) is 0 Å². The predicted octanol–water partition coefficient (Wildman–Crippen LogP) is 2.75. The summed E-state index contributed by atoms with van der Waals surface area (Å²) in [6.45, 7) is 6.85. The molecule has 1 rings (SSSR count). The van der Waals surface area contributed by atoms with E-state index in [4.69, 9.17) is 5.11 Å². The Labute approximate surface area is 98.8 Å². The van der Waals surface area contributed by atoms with E-state index in [1.165, 1.54) is 32.1 Å². The zero-order valence-corrected chi connectivity index (χ0v) is 10.7. The Balaban J connectivity index is 2.14. The van der Waals surface area contributed by atoms with E-state index in [-0.39, 0.29) is 0 Å². The molecule has 0 amide bonds. The largest absolute Gasteiger partial charge is 0.481 e. The Morgan fingerprint density at radius 1 is 1.31 bits per heavy atom. The number of nitrogens with zero attached hydrogens (tertiary/aromatic N) is 1. The van der Waals surface area contributed by atoms with Gasteiger partial charge in [0.2, 0.25) is 0 Å². The molecule has 1 saturated heterocycles. The lowest BCUT2D eigenvalue weighted by Crippen LogP contribution is -2.32. The third-order valence-corrected chi connectivity index (χ3v) is 3.65. The van der Waals surface area contributed by atoms with Crippen LogP contribution in [-0.4, -0.2) is 35.6 Å². The van der Waals surface area contributed by atoms with Gasteiger partial charge in [-0.3, -0.25) is 4.79 Å². The third kappa shape index (κ3) is 3.78. The molecule has 1 fully saturated rings. The Kier molecular flexibility index (Phi) is 5.26. The molecule has 0 saturated carbocycles. The minimum Gasteiger partial charge on any atom is -0.481 e.